The van der Waals surface area contributed by atoms with Crippen LogP contribution in [0.3, 0.4) is 0 Å². The highest BCUT2D eigenvalue weighted by Crippen LogP contribution is 2.33. The molecule has 2 N–H and O–H groups in total. The summed E-state index contributed by atoms with van der Waals surface area (Å²) in [6.07, 6.45) is 13.1. The molecule has 0 aromatic carbocycles. The molecule has 0 spiro atoms. The van der Waals surface area contributed by atoms with Crippen LogP contribution in [0.1, 0.15) is 64.7 Å². The zero-order valence-electron chi connectivity index (χ0n) is 11.9. The third-order valence-corrected chi connectivity index (χ3v) is 3.60. The predicted octanol–water partition coefficient (Wildman–Crippen LogP) is 4.36. The lowest BCUT2D eigenvalue weighted by molar-refractivity contribution is -0.128. The fraction of sp³-hybridized carbons (Fsp3) is 0.688. The molecule has 0 heterocycles. The zero-order valence-corrected chi connectivity index (χ0v) is 11.9. The monoisotopic (exact) mass is 251 g/mol. The zero-order chi connectivity index (χ0) is 13.9. The topological polar surface area (TPSA) is 43.1 Å². The largest absolute Gasteiger partial charge is 0.369 e. The number of rotatable bonds is 12. The van der Waals surface area contributed by atoms with Crippen molar-refractivity contribution in [2.24, 2.45) is 11.1 Å². The first-order valence-electron chi connectivity index (χ1n) is 7.14. The van der Waals surface area contributed by atoms with Crippen LogP contribution in [0.2, 0.25) is 0 Å². The molecule has 0 saturated carbocycles. The Balaban J connectivity index is 4.18. The van der Waals surface area contributed by atoms with Crippen LogP contribution in [-0.4, -0.2) is 5.91 Å². The molecule has 0 rings (SSSR count). The Kier molecular flexibility index (Phi) is 9.35. The third-order valence-electron chi connectivity index (χ3n) is 3.60. The van der Waals surface area contributed by atoms with E-state index in [9.17, 15) is 4.79 Å². The Bertz CT molecular complexity index is 248. The van der Waals surface area contributed by atoms with Crippen molar-refractivity contribution in [1.29, 1.82) is 0 Å². The Morgan fingerprint density at radius 1 is 1.06 bits per heavy atom. The molecule has 2 heteroatoms. The Labute approximate surface area is 112 Å². The first-order chi connectivity index (χ1) is 8.63. The van der Waals surface area contributed by atoms with Gasteiger partial charge in [-0.05, 0) is 19.3 Å². The summed E-state index contributed by atoms with van der Waals surface area (Å²) in [5, 5.41) is 0. The van der Waals surface area contributed by atoms with E-state index in [1.807, 2.05) is 0 Å². The van der Waals surface area contributed by atoms with Crippen LogP contribution >= 0.6 is 0 Å². The van der Waals surface area contributed by atoms with Crippen molar-refractivity contribution in [2.45, 2.75) is 64.7 Å². The smallest absolute Gasteiger partial charge is 0.224 e. The molecule has 0 fully saturated rings. The van der Waals surface area contributed by atoms with Gasteiger partial charge in [-0.15, -0.1) is 13.2 Å². The lowest BCUT2D eigenvalue weighted by Crippen LogP contribution is -2.36. The average molecular weight is 251 g/mol. The SMILES string of the molecule is C=CCC(CC=C)(CCCCCCCC)C(N)=O. The summed E-state index contributed by atoms with van der Waals surface area (Å²) in [6, 6.07) is 0. The maximum atomic E-state index is 11.7. The van der Waals surface area contributed by atoms with Crippen molar-refractivity contribution in [3.63, 3.8) is 0 Å². The third kappa shape index (κ3) is 6.04. The van der Waals surface area contributed by atoms with Crippen LogP contribution in [0.5, 0.6) is 0 Å². The molecule has 0 unspecified atom stereocenters. The van der Waals surface area contributed by atoms with Gasteiger partial charge in [-0.25, -0.2) is 0 Å². The molecule has 104 valence electrons. The molecule has 0 aliphatic carbocycles. The van der Waals surface area contributed by atoms with E-state index in [1.165, 1.54) is 32.1 Å². The fourth-order valence-electron chi connectivity index (χ4n) is 2.41. The van der Waals surface area contributed by atoms with E-state index in [1.54, 1.807) is 12.2 Å². The normalized spacial score (nSPS) is 11.2. The van der Waals surface area contributed by atoms with Crippen molar-refractivity contribution >= 4 is 5.91 Å². The van der Waals surface area contributed by atoms with E-state index < -0.39 is 5.41 Å². The van der Waals surface area contributed by atoms with Gasteiger partial charge in [-0.3, -0.25) is 4.79 Å². The summed E-state index contributed by atoms with van der Waals surface area (Å²) in [5.74, 6) is -0.212. The lowest BCUT2D eigenvalue weighted by Gasteiger charge is -2.28. The number of primary amides is 1. The van der Waals surface area contributed by atoms with Gasteiger partial charge in [0.25, 0.3) is 0 Å². The number of unbranched alkanes of at least 4 members (excludes halogenated alkanes) is 5. The Morgan fingerprint density at radius 3 is 2.00 bits per heavy atom. The first kappa shape index (κ1) is 16.9. The van der Waals surface area contributed by atoms with E-state index in [2.05, 4.69) is 20.1 Å². The highest BCUT2D eigenvalue weighted by atomic mass is 16.1. The van der Waals surface area contributed by atoms with Crippen molar-refractivity contribution in [2.75, 3.05) is 0 Å². The molecule has 18 heavy (non-hydrogen) atoms. The van der Waals surface area contributed by atoms with E-state index in [0.717, 1.165) is 12.8 Å². The Hall–Kier alpha value is -1.05. The summed E-state index contributed by atoms with van der Waals surface area (Å²) in [4.78, 5) is 11.7. The molecule has 2 nitrogen and oxygen atoms in total. The maximum Gasteiger partial charge on any atom is 0.224 e. The molecule has 0 saturated heterocycles. The van der Waals surface area contributed by atoms with Crippen LogP contribution < -0.4 is 5.73 Å². The molecular weight excluding hydrogens is 222 g/mol. The molecule has 0 bridgehead atoms. The molecule has 0 radical (unpaired) electrons. The van der Waals surface area contributed by atoms with Crippen molar-refractivity contribution in [3.05, 3.63) is 25.3 Å². The number of carbonyl (C=O) groups excluding carboxylic acids is 1. The minimum Gasteiger partial charge on any atom is -0.369 e. The number of hydrogen-bond donors (Lipinski definition) is 1. The van der Waals surface area contributed by atoms with E-state index in [-0.39, 0.29) is 5.91 Å². The quantitative estimate of drug-likeness (QED) is 0.406. The highest BCUT2D eigenvalue weighted by Gasteiger charge is 2.33. The molecule has 0 atom stereocenters. The van der Waals surface area contributed by atoms with Crippen molar-refractivity contribution in [1.82, 2.24) is 0 Å². The molecule has 1 amide bonds. The number of amides is 1. The second kappa shape index (κ2) is 9.93. The van der Waals surface area contributed by atoms with Crippen molar-refractivity contribution in [3.8, 4) is 0 Å². The van der Waals surface area contributed by atoms with Gasteiger partial charge < -0.3 is 5.73 Å². The molecule has 0 aromatic rings. The average Bonchev–Trinajstić information content (AvgIpc) is 2.33. The first-order valence-corrected chi connectivity index (χ1v) is 7.14. The van der Waals surface area contributed by atoms with Gasteiger partial charge in [-0.2, -0.15) is 0 Å². The second-order valence-electron chi connectivity index (χ2n) is 5.15. The maximum absolute atomic E-state index is 11.7. The summed E-state index contributed by atoms with van der Waals surface area (Å²) in [5.41, 5.74) is 5.12. The van der Waals surface area contributed by atoms with Gasteiger partial charge in [-0.1, -0.05) is 57.6 Å². The minimum absolute atomic E-state index is 0.212. The van der Waals surface area contributed by atoms with E-state index in [4.69, 9.17) is 5.73 Å². The van der Waals surface area contributed by atoms with Gasteiger partial charge in [0.15, 0.2) is 0 Å². The molecule has 0 aliphatic rings. The van der Waals surface area contributed by atoms with Crippen LogP contribution in [0.4, 0.5) is 0 Å². The summed E-state index contributed by atoms with van der Waals surface area (Å²) < 4.78 is 0. The van der Waals surface area contributed by atoms with Gasteiger partial charge in [0.05, 0.1) is 5.41 Å². The van der Waals surface area contributed by atoms with Crippen LogP contribution in [0.15, 0.2) is 25.3 Å². The molecule has 0 aromatic heterocycles. The van der Waals surface area contributed by atoms with Gasteiger partial charge >= 0.3 is 0 Å². The standard InChI is InChI=1S/C16H29NO/c1-4-7-8-9-10-11-14-16(12-5-2,13-6-3)15(17)18/h5-6H,2-4,7-14H2,1H3,(H2,17,18). The van der Waals surface area contributed by atoms with Gasteiger partial charge in [0, 0.05) is 0 Å². The van der Waals surface area contributed by atoms with Gasteiger partial charge in [0.2, 0.25) is 5.91 Å². The number of hydrogen-bond acceptors (Lipinski definition) is 1. The minimum atomic E-state index is -0.450. The molecular formula is C16H29NO. The Morgan fingerprint density at radius 2 is 1.56 bits per heavy atom. The van der Waals surface area contributed by atoms with Crippen molar-refractivity contribution < 1.29 is 4.79 Å². The van der Waals surface area contributed by atoms with Crippen LogP contribution in [-0.2, 0) is 4.79 Å². The van der Waals surface area contributed by atoms with E-state index >= 15 is 0 Å². The number of carbonyl (C=O) groups is 1. The number of nitrogens with two attached hydrogens (primary N) is 1. The fourth-order valence-corrected chi connectivity index (χ4v) is 2.41. The van der Waals surface area contributed by atoms with Crippen LogP contribution in [0.25, 0.3) is 0 Å². The summed E-state index contributed by atoms with van der Waals surface area (Å²) in [6.45, 7) is 9.69. The number of allylic oxidation sites excluding steroid dienone is 2. The highest BCUT2D eigenvalue weighted by molar-refractivity contribution is 5.81. The summed E-state index contributed by atoms with van der Waals surface area (Å²) in [7, 11) is 0. The lowest BCUT2D eigenvalue weighted by atomic mass is 9.76. The second-order valence-corrected chi connectivity index (χ2v) is 5.15. The van der Waals surface area contributed by atoms with Gasteiger partial charge in [0.1, 0.15) is 0 Å². The van der Waals surface area contributed by atoms with E-state index in [0.29, 0.717) is 12.8 Å². The summed E-state index contributed by atoms with van der Waals surface area (Å²) >= 11 is 0. The predicted molar refractivity (Wildman–Crippen MR) is 79.2 cm³/mol. The van der Waals surface area contributed by atoms with Crippen LogP contribution in [0, 0.1) is 5.41 Å². The molecule has 0 aliphatic heterocycles.